The van der Waals surface area contributed by atoms with Gasteiger partial charge < -0.3 is 10.1 Å². The van der Waals surface area contributed by atoms with Crippen LogP contribution in [-0.4, -0.2) is 50.3 Å². The van der Waals surface area contributed by atoms with Crippen molar-refractivity contribution in [1.29, 1.82) is 0 Å². The highest BCUT2D eigenvalue weighted by atomic mass is 35.5. The number of ether oxygens (including phenoxy) is 1. The Morgan fingerprint density at radius 2 is 1.71 bits per heavy atom. The number of hydrogen-bond acceptors (Lipinski definition) is 3. The monoisotopic (exact) mass is 242 g/mol. The number of piperidine rings is 1. The van der Waals surface area contributed by atoms with Crippen LogP contribution in [0.25, 0.3) is 0 Å². The molecule has 0 radical (unpaired) electrons. The second-order valence-corrected chi connectivity index (χ2v) is 3.79. The first-order chi connectivity index (χ1) is 5.90. The van der Waals surface area contributed by atoms with E-state index in [1.807, 2.05) is 7.11 Å². The second kappa shape index (κ2) is 6.85. The molecule has 14 heavy (non-hydrogen) atoms. The Morgan fingerprint density at radius 3 is 2.21 bits per heavy atom. The van der Waals surface area contributed by atoms with E-state index in [1.54, 1.807) is 0 Å². The molecular formula is C9H20Cl2N2O. The minimum absolute atomic E-state index is 0. The third-order valence-electron chi connectivity index (χ3n) is 3.03. The van der Waals surface area contributed by atoms with E-state index in [9.17, 15) is 0 Å². The van der Waals surface area contributed by atoms with Gasteiger partial charge in [0.15, 0.2) is 0 Å². The van der Waals surface area contributed by atoms with Gasteiger partial charge in [-0.3, -0.25) is 4.90 Å². The van der Waals surface area contributed by atoms with E-state index >= 15 is 0 Å². The van der Waals surface area contributed by atoms with Crippen LogP contribution in [0.4, 0.5) is 0 Å². The average Bonchev–Trinajstić information content (AvgIpc) is 2.04. The van der Waals surface area contributed by atoms with E-state index in [2.05, 4.69) is 10.2 Å². The van der Waals surface area contributed by atoms with Gasteiger partial charge in [-0.1, -0.05) is 0 Å². The van der Waals surface area contributed by atoms with Crippen molar-refractivity contribution in [2.45, 2.75) is 25.0 Å². The van der Waals surface area contributed by atoms with Crippen LogP contribution in [0.3, 0.4) is 0 Å². The summed E-state index contributed by atoms with van der Waals surface area (Å²) in [5.41, 5.74) is 0. The third-order valence-corrected chi connectivity index (χ3v) is 3.03. The Morgan fingerprint density at radius 1 is 1.14 bits per heavy atom. The highest BCUT2D eigenvalue weighted by Gasteiger charge is 2.32. The molecule has 0 atom stereocenters. The molecule has 2 aliphatic heterocycles. The molecule has 2 aliphatic rings. The van der Waals surface area contributed by atoms with Crippen LogP contribution in [0.2, 0.25) is 0 Å². The Labute approximate surface area is 98.4 Å². The summed E-state index contributed by atoms with van der Waals surface area (Å²) < 4.78 is 5.25. The third kappa shape index (κ3) is 3.24. The Bertz CT molecular complexity index is 148. The maximum atomic E-state index is 5.25. The first kappa shape index (κ1) is 14.5. The molecule has 0 unspecified atom stereocenters. The molecule has 0 amide bonds. The molecule has 2 saturated heterocycles. The highest BCUT2D eigenvalue weighted by molar-refractivity contribution is 5.85. The zero-order valence-electron chi connectivity index (χ0n) is 8.57. The van der Waals surface area contributed by atoms with E-state index in [1.165, 1.54) is 25.9 Å². The van der Waals surface area contributed by atoms with Crippen LogP contribution in [0.5, 0.6) is 0 Å². The van der Waals surface area contributed by atoms with Crippen LogP contribution in [-0.2, 0) is 4.74 Å². The summed E-state index contributed by atoms with van der Waals surface area (Å²) in [4.78, 5) is 2.55. The van der Waals surface area contributed by atoms with Crippen molar-refractivity contribution in [3.63, 3.8) is 0 Å². The van der Waals surface area contributed by atoms with Gasteiger partial charge in [0, 0.05) is 26.2 Å². The van der Waals surface area contributed by atoms with Crippen molar-refractivity contribution in [1.82, 2.24) is 10.2 Å². The van der Waals surface area contributed by atoms with Crippen molar-refractivity contribution < 1.29 is 4.74 Å². The standard InChI is InChI=1S/C9H18N2O.2ClH/c1-12-9-6-11(7-9)8-2-4-10-5-3-8;;/h8-10H,2-7H2,1H3;2*1H. The number of hydrogen-bond donors (Lipinski definition) is 1. The van der Waals surface area contributed by atoms with Crippen molar-refractivity contribution in [2.75, 3.05) is 33.3 Å². The van der Waals surface area contributed by atoms with Gasteiger partial charge in [0.1, 0.15) is 0 Å². The number of methoxy groups -OCH3 is 1. The lowest BCUT2D eigenvalue weighted by Crippen LogP contribution is -2.58. The van der Waals surface area contributed by atoms with Gasteiger partial charge in [-0.2, -0.15) is 0 Å². The van der Waals surface area contributed by atoms with E-state index in [4.69, 9.17) is 4.74 Å². The second-order valence-electron chi connectivity index (χ2n) is 3.79. The zero-order chi connectivity index (χ0) is 8.39. The lowest BCUT2D eigenvalue weighted by molar-refractivity contribution is -0.0557. The largest absolute Gasteiger partial charge is 0.379 e. The summed E-state index contributed by atoms with van der Waals surface area (Å²) in [6.07, 6.45) is 3.15. The summed E-state index contributed by atoms with van der Waals surface area (Å²) >= 11 is 0. The average molecular weight is 243 g/mol. The lowest BCUT2D eigenvalue weighted by atomic mass is 10.00. The van der Waals surface area contributed by atoms with Crippen molar-refractivity contribution in [3.8, 4) is 0 Å². The lowest BCUT2D eigenvalue weighted by Gasteiger charge is -2.44. The minimum atomic E-state index is 0. The van der Waals surface area contributed by atoms with Gasteiger partial charge in [0.05, 0.1) is 6.10 Å². The molecule has 86 valence electrons. The number of likely N-dealkylation sites (tertiary alicyclic amines) is 1. The molecule has 0 aromatic rings. The summed E-state index contributed by atoms with van der Waals surface area (Å²) in [6.45, 7) is 4.69. The maximum Gasteiger partial charge on any atom is 0.0825 e. The quantitative estimate of drug-likeness (QED) is 0.780. The molecule has 2 rings (SSSR count). The molecule has 0 aromatic heterocycles. The van der Waals surface area contributed by atoms with Crippen LogP contribution in [0.15, 0.2) is 0 Å². The van der Waals surface area contributed by atoms with Gasteiger partial charge >= 0.3 is 0 Å². The molecular weight excluding hydrogens is 223 g/mol. The Balaban J connectivity index is 0.000000845. The van der Waals surface area contributed by atoms with Crippen LogP contribution < -0.4 is 5.32 Å². The van der Waals surface area contributed by atoms with E-state index < -0.39 is 0 Å². The molecule has 5 heteroatoms. The fourth-order valence-electron chi connectivity index (χ4n) is 2.09. The Kier molecular flexibility index (Phi) is 7.08. The molecule has 0 spiro atoms. The first-order valence-corrected chi connectivity index (χ1v) is 4.87. The van der Waals surface area contributed by atoms with Gasteiger partial charge in [0.2, 0.25) is 0 Å². The Hall–Kier alpha value is 0.460. The SMILES string of the molecule is COC1CN(C2CCNCC2)C1.Cl.Cl. The van der Waals surface area contributed by atoms with Gasteiger partial charge in [-0.25, -0.2) is 0 Å². The number of nitrogens with zero attached hydrogens (tertiary/aromatic N) is 1. The van der Waals surface area contributed by atoms with Gasteiger partial charge in [-0.15, -0.1) is 24.8 Å². The fourth-order valence-corrected chi connectivity index (χ4v) is 2.09. The zero-order valence-corrected chi connectivity index (χ0v) is 10.2. The first-order valence-electron chi connectivity index (χ1n) is 4.87. The predicted octanol–water partition coefficient (Wildman–Crippen LogP) is 0.913. The van der Waals surface area contributed by atoms with Crippen LogP contribution in [0, 0.1) is 0 Å². The van der Waals surface area contributed by atoms with Crippen molar-refractivity contribution in [3.05, 3.63) is 0 Å². The molecule has 0 saturated carbocycles. The molecule has 0 aliphatic carbocycles. The van der Waals surface area contributed by atoms with Gasteiger partial charge in [-0.05, 0) is 25.9 Å². The van der Waals surface area contributed by atoms with Crippen LogP contribution in [0.1, 0.15) is 12.8 Å². The van der Waals surface area contributed by atoms with E-state index in [0.717, 1.165) is 19.1 Å². The number of nitrogens with one attached hydrogen (secondary N) is 1. The molecule has 2 heterocycles. The molecule has 3 nitrogen and oxygen atoms in total. The maximum absolute atomic E-state index is 5.25. The minimum Gasteiger partial charge on any atom is -0.379 e. The molecule has 2 fully saturated rings. The van der Waals surface area contributed by atoms with Gasteiger partial charge in [0.25, 0.3) is 0 Å². The van der Waals surface area contributed by atoms with E-state index in [0.29, 0.717) is 6.10 Å². The smallest absolute Gasteiger partial charge is 0.0825 e. The highest BCUT2D eigenvalue weighted by Crippen LogP contribution is 2.20. The predicted molar refractivity (Wildman–Crippen MR) is 62.8 cm³/mol. The summed E-state index contributed by atoms with van der Waals surface area (Å²) in [5, 5.41) is 3.39. The number of halogens is 2. The topological polar surface area (TPSA) is 24.5 Å². The normalized spacial score (nSPS) is 24.6. The summed E-state index contributed by atoms with van der Waals surface area (Å²) in [5.74, 6) is 0. The molecule has 0 bridgehead atoms. The number of rotatable bonds is 2. The molecule has 0 aromatic carbocycles. The summed E-state index contributed by atoms with van der Waals surface area (Å²) in [7, 11) is 1.81. The van der Waals surface area contributed by atoms with Crippen LogP contribution >= 0.6 is 24.8 Å². The van der Waals surface area contributed by atoms with Crippen molar-refractivity contribution >= 4 is 24.8 Å². The van der Waals surface area contributed by atoms with E-state index in [-0.39, 0.29) is 24.8 Å². The van der Waals surface area contributed by atoms with Crippen molar-refractivity contribution in [2.24, 2.45) is 0 Å². The summed E-state index contributed by atoms with van der Waals surface area (Å²) in [6, 6.07) is 0.831. The fraction of sp³-hybridized carbons (Fsp3) is 1.00. The molecule has 1 N–H and O–H groups in total.